The number of nitrogens with zero attached hydrogens (tertiary/aromatic N) is 1. The minimum atomic E-state index is -0.333. The molecule has 1 aliphatic rings. The summed E-state index contributed by atoms with van der Waals surface area (Å²) in [6.07, 6.45) is 2.89. The number of rotatable bonds is 4. The van der Waals surface area contributed by atoms with Gasteiger partial charge in [0, 0.05) is 49.7 Å². The van der Waals surface area contributed by atoms with Crippen LogP contribution in [0.15, 0.2) is 24.4 Å². The predicted octanol–water partition coefficient (Wildman–Crippen LogP) is 1.30. The van der Waals surface area contributed by atoms with Crippen LogP contribution in [0.25, 0.3) is 10.9 Å². The summed E-state index contributed by atoms with van der Waals surface area (Å²) in [7, 11) is 1.70. The second kappa shape index (κ2) is 5.67. The highest BCUT2D eigenvalue weighted by Gasteiger charge is 2.29. The van der Waals surface area contributed by atoms with Crippen LogP contribution in [-0.2, 0) is 6.42 Å². The van der Waals surface area contributed by atoms with Gasteiger partial charge in [-0.1, -0.05) is 0 Å². The van der Waals surface area contributed by atoms with Crippen molar-refractivity contribution in [3.63, 3.8) is 0 Å². The molecule has 1 aromatic carbocycles. The minimum absolute atomic E-state index is 0.333. The van der Waals surface area contributed by atoms with Gasteiger partial charge in [0.15, 0.2) is 0 Å². The van der Waals surface area contributed by atoms with Gasteiger partial charge in [0.2, 0.25) is 0 Å². The molecule has 0 aliphatic carbocycles. The topological polar surface area (TPSA) is 66.3 Å². The van der Waals surface area contributed by atoms with Crippen LogP contribution in [0.1, 0.15) is 12.5 Å². The van der Waals surface area contributed by atoms with Crippen LogP contribution < -0.4 is 15.8 Å². The second-order valence-electron chi connectivity index (χ2n) is 6.00. The number of nitrogens with two attached hydrogens (primary N) is 1. The summed E-state index contributed by atoms with van der Waals surface area (Å²) >= 11 is 0. The molecule has 3 rings (SSSR count). The van der Waals surface area contributed by atoms with Gasteiger partial charge in [0.05, 0.1) is 12.8 Å². The van der Waals surface area contributed by atoms with E-state index in [2.05, 4.69) is 40.5 Å². The summed E-state index contributed by atoms with van der Waals surface area (Å²) in [5, 5.41) is 4.57. The van der Waals surface area contributed by atoms with Crippen LogP contribution >= 0.6 is 0 Å². The lowest BCUT2D eigenvalue weighted by Crippen LogP contribution is -2.60. The van der Waals surface area contributed by atoms with Gasteiger partial charge in [-0.05, 0) is 30.7 Å². The highest BCUT2D eigenvalue weighted by molar-refractivity contribution is 5.84. The van der Waals surface area contributed by atoms with Crippen molar-refractivity contribution >= 4 is 10.9 Å². The van der Waals surface area contributed by atoms with Crippen LogP contribution in [0.4, 0.5) is 0 Å². The fourth-order valence-electron chi connectivity index (χ4n) is 3.10. The normalized spacial score (nSPS) is 19.6. The molecule has 5 nitrogen and oxygen atoms in total. The maximum atomic E-state index is 6.60. The third-order valence-corrected chi connectivity index (χ3v) is 4.36. The van der Waals surface area contributed by atoms with Gasteiger partial charge in [0.1, 0.15) is 5.75 Å². The van der Waals surface area contributed by atoms with E-state index in [-0.39, 0.29) is 5.66 Å². The van der Waals surface area contributed by atoms with Gasteiger partial charge >= 0.3 is 0 Å². The molecule has 1 aromatic heterocycles. The Morgan fingerprint density at radius 2 is 2.10 bits per heavy atom. The maximum absolute atomic E-state index is 6.60. The number of methoxy groups -OCH3 is 1. The van der Waals surface area contributed by atoms with Crippen molar-refractivity contribution in [1.29, 1.82) is 0 Å². The summed E-state index contributed by atoms with van der Waals surface area (Å²) < 4.78 is 5.33. The number of H-pyrrole nitrogens is 1. The van der Waals surface area contributed by atoms with Crippen molar-refractivity contribution < 1.29 is 4.74 Å². The number of nitrogens with one attached hydrogen (secondary N) is 2. The van der Waals surface area contributed by atoms with E-state index < -0.39 is 0 Å². The smallest absolute Gasteiger partial charge is 0.119 e. The van der Waals surface area contributed by atoms with Crippen molar-refractivity contribution in [2.45, 2.75) is 19.0 Å². The fourth-order valence-corrected chi connectivity index (χ4v) is 3.10. The molecule has 2 heterocycles. The van der Waals surface area contributed by atoms with Gasteiger partial charge in [0.25, 0.3) is 0 Å². The number of ether oxygens (including phenoxy) is 1. The summed E-state index contributed by atoms with van der Waals surface area (Å²) in [5.74, 6) is 0.879. The maximum Gasteiger partial charge on any atom is 0.119 e. The average molecular weight is 288 g/mol. The first-order valence-corrected chi connectivity index (χ1v) is 7.49. The van der Waals surface area contributed by atoms with Gasteiger partial charge < -0.3 is 20.8 Å². The lowest BCUT2D eigenvalue weighted by atomic mass is 9.99. The molecular weight excluding hydrogens is 264 g/mol. The largest absolute Gasteiger partial charge is 0.497 e. The zero-order valence-electron chi connectivity index (χ0n) is 12.8. The van der Waals surface area contributed by atoms with Gasteiger partial charge in [-0.25, -0.2) is 0 Å². The van der Waals surface area contributed by atoms with E-state index in [1.165, 1.54) is 10.9 Å². The van der Waals surface area contributed by atoms with Crippen LogP contribution in [0, 0.1) is 0 Å². The SMILES string of the molecule is COc1ccc2[nH]cc(CC(C)(N)N3CCNCC3)c2c1. The molecule has 0 amide bonds. The molecule has 114 valence electrons. The van der Waals surface area contributed by atoms with Crippen molar-refractivity contribution in [1.82, 2.24) is 15.2 Å². The quantitative estimate of drug-likeness (QED) is 0.793. The zero-order chi connectivity index (χ0) is 14.9. The predicted molar refractivity (Wildman–Crippen MR) is 85.6 cm³/mol. The number of aromatic amines is 1. The minimum Gasteiger partial charge on any atom is -0.497 e. The highest BCUT2D eigenvalue weighted by atomic mass is 16.5. The molecule has 1 saturated heterocycles. The lowest BCUT2D eigenvalue weighted by molar-refractivity contribution is 0.0935. The van der Waals surface area contributed by atoms with Crippen molar-refractivity contribution in [3.8, 4) is 5.75 Å². The third kappa shape index (κ3) is 2.90. The van der Waals surface area contributed by atoms with Crippen LogP contribution in [0.3, 0.4) is 0 Å². The van der Waals surface area contributed by atoms with E-state index >= 15 is 0 Å². The Balaban J connectivity index is 1.86. The Bertz CT molecular complexity index is 614. The van der Waals surface area contributed by atoms with Gasteiger partial charge in [-0.2, -0.15) is 0 Å². The van der Waals surface area contributed by atoms with Crippen LogP contribution in [0.2, 0.25) is 0 Å². The van der Waals surface area contributed by atoms with Crippen molar-refractivity contribution in [2.24, 2.45) is 5.73 Å². The van der Waals surface area contributed by atoms with E-state index in [1.54, 1.807) is 7.11 Å². The Morgan fingerprint density at radius 3 is 2.81 bits per heavy atom. The van der Waals surface area contributed by atoms with Crippen molar-refractivity contribution in [2.75, 3.05) is 33.3 Å². The van der Waals surface area contributed by atoms with Gasteiger partial charge in [-0.15, -0.1) is 0 Å². The third-order valence-electron chi connectivity index (χ3n) is 4.36. The molecule has 0 saturated carbocycles. The Hall–Kier alpha value is -1.56. The standard InChI is InChI=1S/C16H24N4O/c1-16(17,20-7-5-18-6-8-20)10-12-11-19-15-4-3-13(21-2)9-14(12)15/h3-4,9,11,18-19H,5-8,10,17H2,1-2H3. The van der Waals surface area contributed by atoms with E-state index in [0.29, 0.717) is 0 Å². The highest BCUT2D eigenvalue weighted by Crippen LogP contribution is 2.27. The summed E-state index contributed by atoms with van der Waals surface area (Å²) in [4.78, 5) is 5.69. The molecule has 1 aliphatic heterocycles. The molecule has 1 fully saturated rings. The van der Waals surface area contributed by atoms with Crippen molar-refractivity contribution in [3.05, 3.63) is 30.0 Å². The molecule has 1 atom stereocenters. The van der Waals surface area contributed by atoms with E-state index in [1.807, 2.05) is 6.07 Å². The number of benzene rings is 1. The Kier molecular flexibility index (Phi) is 3.89. The summed E-state index contributed by atoms with van der Waals surface area (Å²) in [6, 6.07) is 6.10. The van der Waals surface area contributed by atoms with E-state index in [0.717, 1.165) is 43.9 Å². The molecule has 0 radical (unpaired) electrons. The number of fused-ring (bicyclic) bond motifs is 1. The lowest BCUT2D eigenvalue weighted by Gasteiger charge is -2.41. The van der Waals surface area contributed by atoms with E-state index in [9.17, 15) is 0 Å². The van der Waals surface area contributed by atoms with Gasteiger partial charge in [-0.3, -0.25) is 4.90 Å². The second-order valence-corrected chi connectivity index (χ2v) is 6.00. The molecule has 1 unspecified atom stereocenters. The summed E-state index contributed by atoms with van der Waals surface area (Å²) in [5.41, 5.74) is 8.63. The monoisotopic (exact) mass is 288 g/mol. The molecule has 5 heteroatoms. The number of hydrogen-bond acceptors (Lipinski definition) is 4. The Labute approximate surface area is 125 Å². The Morgan fingerprint density at radius 1 is 1.33 bits per heavy atom. The molecule has 2 aromatic rings. The first-order chi connectivity index (χ1) is 10.1. The first-order valence-electron chi connectivity index (χ1n) is 7.49. The molecule has 4 N–H and O–H groups in total. The summed E-state index contributed by atoms with van der Waals surface area (Å²) in [6.45, 7) is 6.14. The van der Waals surface area contributed by atoms with Crippen LogP contribution in [-0.4, -0.2) is 48.8 Å². The van der Waals surface area contributed by atoms with E-state index in [4.69, 9.17) is 10.5 Å². The number of hydrogen-bond donors (Lipinski definition) is 3. The number of aromatic nitrogens is 1. The molecule has 21 heavy (non-hydrogen) atoms. The number of piperazine rings is 1. The first kappa shape index (κ1) is 14.4. The molecule has 0 bridgehead atoms. The molecule has 0 spiro atoms. The molecular formula is C16H24N4O. The van der Waals surface area contributed by atoms with Crippen LogP contribution in [0.5, 0.6) is 5.75 Å². The zero-order valence-corrected chi connectivity index (χ0v) is 12.8. The average Bonchev–Trinajstić information content (AvgIpc) is 2.90. The fraction of sp³-hybridized carbons (Fsp3) is 0.500.